The zero-order valence-corrected chi connectivity index (χ0v) is 16.9. The molecule has 0 spiro atoms. The van der Waals surface area contributed by atoms with Crippen LogP contribution < -0.4 is 5.73 Å². The second-order valence-corrected chi connectivity index (χ2v) is 9.16. The third-order valence-corrected chi connectivity index (χ3v) is 7.33. The first kappa shape index (κ1) is 18.9. The summed E-state index contributed by atoms with van der Waals surface area (Å²) in [5.41, 5.74) is 10.1. The summed E-state index contributed by atoms with van der Waals surface area (Å²) in [5.74, 6) is 0. The molecule has 1 aliphatic rings. The molecule has 0 fully saturated rings. The zero-order valence-electron chi connectivity index (χ0n) is 16.1. The van der Waals surface area contributed by atoms with Crippen molar-refractivity contribution in [2.45, 2.75) is 30.4 Å². The Kier molecular flexibility index (Phi) is 4.43. The average Bonchev–Trinajstić information content (AvgIpc) is 3.35. The molecule has 1 atom stereocenters. The summed E-state index contributed by atoms with van der Waals surface area (Å²) in [6, 6.07) is 13.9. The Morgan fingerprint density at radius 2 is 1.93 bits per heavy atom. The fourth-order valence-corrected chi connectivity index (χ4v) is 5.69. The molecular weight excluding hydrogens is 400 g/mol. The van der Waals surface area contributed by atoms with E-state index in [1.54, 1.807) is 30.3 Å². The van der Waals surface area contributed by atoms with Crippen LogP contribution in [-0.2, 0) is 23.1 Å². The average molecular weight is 420 g/mol. The number of aliphatic hydroxyl groups excluding tert-OH is 1. The van der Waals surface area contributed by atoms with Gasteiger partial charge in [0.1, 0.15) is 5.69 Å². The van der Waals surface area contributed by atoms with Crippen molar-refractivity contribution < 1.29 is 13.5 Å². The van der Waals surface area contributed by atoms with Gasteiger partial charge in [0, 0.05) is 11.4 Å². The van der Waals surface area contributed by atoms with Crippen LogP contribution in [0.1, 0.15) is 29.3 Å². The normalized spacial score (nSPS) is 16.1. The minimum atomic E-state index is -3.90. The smallest absolute Gasteiger partial charge is 0.268 e. The Bertz CT molecular complexity index is 1360. The Hall–Kier alpha value is -3.07. The minimum Gasteiger partial charge on any atom is -0.390 e. The number of nitrogens with zero attached hydrogens (tertiary/aromatic N) is 3. The van der Waals surface area contributed by atoms with Crippen molar-refractivity contribution in [3.05, 3.63) is 77.7 Å². The van der Waals surface area contributed by atoms with Crippen molar-refractivity contribution in [2.75, 3.05) is 0 Å². The second-order valence-electron chi connectivity index (χ2n) is 7.38. The van der Waals surface area contributed by atoms with Crippen LogP contribution in [0, 0.1) is 0 Å². The van der Waals surface area contributed by atoms with Crippen molar-refractivity contribution in [3.8, 4) is 11.4 Å². The van der Waals surface area contributed by atoms with Crippen LogP contribution in [0.25, 0.3) is 22.3 Å². The molecule has 0 amide bonds. The van der Waals surface area contributed by atoms with Crippen molar-refractivity contribution in [3.63, 3.8) is 0 Å². The van der Waals surface area contributed by atoms with Crippen LogP contribution in [0.15, 0.2) is 65.8 Å². The van der Waals surface area contributed by atoms with Crippen LogP contribution in [-0.4, -0.2) is 27.5 Å². The molecule has 0 aliphatic heterocycles. The Morgan fingerprint density at radius 1 is 1.13 bits per heavy atom. The molecule has 4 aromatic rings. The zero-order chi connectivity index (χ0) is 20.9. The van der Waals surface area contributed by atoms with E-state index in [1.807, 2.05) is 18.2 Å². The third-order valence-electron chi connectivity index (χ3n) is 5.58. The molecule has 5 rings (SSSR count). The van der Waals surface area contributed by atoms with E-state index in [4.69, 9.17) is 5.73 Å². The van der Waals surface area contributed by atoms with Gasteiger partial charge < -0.3 is 10.8 Å². The molecule has 0 bridgehead atoms. The second kappa shape index (κ2) is 7.02. The highest BCUT2D eigenvalue weighted by Gasteiger charge is 2.28. The minimum absolute atomic E-state index is 0.0422. The Morgan fingerprint density at radius 3 is 2.70 bits per heavy atom. The molecule has 7 nitrogen and oxygen atoms in total. The van der Waals surface area contributed by atoms with Gasteiger partial charge in [-0.3, -0.25) is 4.98 Å². The quantitative estimate of drug-likeness (QED) is 0.525. The molecule has 8 heteroatoms. The number of hydrogen-bond acceptors (Lipinski definition) is 6. The number of rotatable bonds is 4. The number of fused-ring (bicyclic) bond motifs is 3. The SMILES string of the molecule is N[C@@H]1CCc2c1ccc1c2cc(-c2cncc(CO)n2)n1S(=O)(=O)c1ccccc1. The summed E-state index contributed by atoms with van der Waals surface area (Å²) in [5, 5.41) is 10.3. The highest BCUT2D eigenvalue weighted by molar-refractivity contribution is 7.90. The molecule has 2 aromatic carbocycles. The van der Waals surface area contributed by atoms with Gasteiger partial charge >= 0.3 is 0 Å². The number of aryl methyl sites for hydroxylation is 1. The monoisotopic (exact) mass is 420 g/mol. The van der Waals surface area contributed by atoms with E-state index in [1.165, 1.54) is 16.4 Å². The first-order valence-electron chi connectivity index (χ1n) is 9.66. The fourth-order valence-electron chi connectivity index (χ4n) is 4.15. The van der Waals surface area contributed by atoms with Crippen molar-refractivity contribution in [2.24, 2.45) is 5.73 Å². The summed E-state index contributed by atoms with van der Waals surface area (Å²) in [7, 11) is -3.90. The molecule has 0 saturated heterocycles. The molecule has 0 saturated carbocycles. The number of aliphatic hydroxyl groups is 1. The molecule has 2 heterocycles. The number of hydrogen-bond donors (Lipinski definition) is 2. The maximum atomic E-state index is 13.7. The highest BCUT2D eigenvalue weighted by atomic mass is 32.2. The van der Waals surface area contributed by atoms with Gasteiger partial charge in [-0.2, -0.15) is 0 Å². The lowest BCUT2D eigenvalue weighted by atomic mass is 10.0. The summed E-state index contributed by atoms with van der Waals surface area (Å²) < 4.78 is 28.7. The lowest BCUT2D eigenvalue weighted by molar-refractivity contribution is 0.276. The van der Waals surface area contributed by atoms with Crippen LogP contribution in [0.4, 0.5) is 0 Å². The van der Waals surface area contributed by atoms with E-state index in [-0.39, 0.29) is 17.5 Å². The van der Waals surface area contributed by atoms with E-state index in [0.717, 1.165) is 29.4 Å². The van der Waals surface area contributed by atoms with Crippen LogP contribution in [0.5, 0.6) is 0 Å². The maximum Gasteiger partial charge on any atom is 0.268 e. The summed E-state index contributed by atoms with van der Waals surface area (Å²) >= 11 is 0. The van der Waals surface area contributed by atoms with Gasteiger partial charge in [0.2, 0.25) is 0 Å². The van der Waals surface area contributed by atoms with Crippen molar-refractivity contribution in [1.29, 1.82) is 0 Å². The standard InChI is InChI=1S/C22H20N4O3S/c23-19-8-6-16-17(19)7-9-21-18(16)10-22(20-12-24-11-14(13-27)25-20)26(21)30(28,29)15-4-2-1-3-5-15/h1-5,7,9-12,19,27H,6,8,13,23H2/t19-/m1/s1. The number of nitrogens with two attached hydrogens (primary N) is 1. The van der Waals surface area contributed by atoms with Gasteiger partial charge in [-0.05, 0) is 48.2 Å². The summed E-state index contributed by atoms with van der Waals surface area (Å²) in [6.45, 7) is -0.281. The molecule has 152 valence electrons. The van der Waals surface area contributed by atoms with E-state index in [9.17, 15) is 13.5 Å². The van der Waals surface area contributed by atoms with Gasteiger partial charge in [0.15, 0.2) is 0 Å². The topological polar surface area (TPSA) is 111 Å². The number of benzene rings is 2. The van der Waals surface area contributed by atoms with E-state index < -0.39 is 10.0 Å². The van der Waals surface area contributed by atoms with E-state index in [0.29, 0.717) is 22.6 Å². The van der Waals surface area contributed by atoms with Crippen molar-refractivity contribution in [1.82, 2.24) is 13.9 Å². The van der Waals surface area contributed by atoms with Crippen LogP contribution >= 0.6 is 0 Å². The maximum absolute atomic E-state index is 13.7. The Labute approximate surface area is 173 Å². The third kappa shape index (κ3) is 2.84. The first-order chi connectivity index (χ1) is 14.5. The summed E-state index contributed by atoms with van der Waals surface area (Å²) in [4.78, 5) is 8.73. The molecule has 2 aromatic heterocycles. The number of aromatic nitrogens is 3. The predicted octanol–water partition coefficient (Wildman–Crippen LogP) is 2.77. The van der Waals surface area contributed by atoms with Gasteiger partial charge in [0.05, 0.1) is 40.8 Å². The predicted molar refractivity (Wildman–Crippen MR) is 113 cm³/mol. The van der Waals surface area contributed by atoms with Crippen molar-refractivity contribution >= 4 is 20.9 Å². The van der Waals surface area contributed by atoms with Gasteiger partial charge in [-0.25, -0.2) is 17.4 Å². The van der Waals surface area contributed by atoms with Gasteiger partial charge in [0.25, 0.3) is 10.0 Å². The largest absolute Gasteiger partial charge is 0.390 e. The van der Waals surface area contributed by atoms with Gasteiger partial charge in [-0.1, -0.05) is 24.3 Å². The summed E-state index contributed by atoms with van der Waals surface area (Å²) in [6.07, 6.45) is 4.60. The van der Waals surface area contributed by atoms with Crippen LogP contribution in [0.3, 0.4) is 0 Å². The van der Waals surface area contributed by atoms with Crippen LogP contribution in [0.2, 0.25) is 0 Å². The lowest BCUT2D eigenvalue weighted by Gasteiger charge is -2.13. The molecule has 0 radical (unpaired) electrons. The lowest BCUT2D eigenvalue weighted by Crippen LogP contribution is -2.14. The Balaban J connectivity index is 1.86. The fraction of sp³-hybridized carbons (Fsp3) is 0.182. The molecule has 1 aliphatic carbocycles. The molecule has 3 N–H and O–H groups in total. The molecule has 0 unspecified atom stereocenters. The first-order valence-corrected chi connectivity index (χ1v) is 11.1. The van der Waals surface area contributed by atoms with E-state index >= 15 is 0 Å². The van der Waals surface area contributed by atoms with E-state index in [2.05, 4.69) is 9.97 Å². The highest BCUT2D eigenvalue weighted by Crippen LogP contribution is 2.39. The van der Waals surface area contributed by atoms with Gasteiger partial charge in [-0.15, -0.1) is 0 Å². The molecular formula is C22H20N4O3S. The molecule has 30 heavy (non-hydrogen) atoms.